The molecule has 2 aliphatic heterocycles. The summed E-state index contributed by atoms with van der Waals surface area (Å²) in [6.07, 6.45) is 3.29. The first kappa shape index (κ1) is 25.2. The molecule has 5 heterocycles. The van der Waals surface area contributed by atoms with E-state index >= 15 is 0 Å². The summed E-state index contributed by atoms with van der Waals surface area (Å²) in [5.74, 6) is 1.15. The van der Waals surface area contributed by atoms with Crippen molar-refractivity contribution in [1.29, 1.82) is 0 Å². The Morgan fingerprint density at radius 1 is 1.05 bits per heavy atom. The summed E-state index contributed by atoms with van der Waals surface area (Å²) in [5.41, 5.74) is 13.6. The van der Waals surface area contributed by atoms with Crippen LogP contribution in [-0.2, 0) is 5.41 Å². The van der Waals surface area contributed by atoms with Gasteiger partial charge in [-0.15, -0.1) is 11.3 Å². The van der Waals surface area contributed by atoms with Crippen LogP contribution in [0.1, 0.15) is 31.4 Å². The van der Waals surface area contributed by atoms with Gasteiger partial charge in [-0.3, -0.25) is 14.5 Å². The molecule has 10 nitrogen and oxygen atoms in total. The number of hydrogen-bond donors (Lipinski definition) is 2. The molecule has 0 radical (unpaired) electrons. The fourth-order valence-electron chi connectivity index (χ4n) is 5.99. The fraction of sp³-hybridized carbons (Fsp3) is 0.259. The molecule has 1 aliphatic carbocycles. The number of imide groups is 1. The molecular formula is C27H23ClN8O2S2. The highest BCUT2D eigenvalue weighted by molar-refractivity contribution is 7.99. The smallest absolute Gasteiger partial charge is 0.261 e. The molecule has 2 amide bonds. The number of nitrogen functional groups attached to an aromatic ring is 2. The van der Waals surface area contributed by atoms with Gasteiger partial charge in [-0.2, -0.15) is 0 Å². The molecule has 1 aromatic carbocycles. The first-order chi connectivity index (χ1) is 19.3. The number of nitrogens with two attached hydrogens (primary N) is 2. The van der Waals surface area contributed by atoms with Crippen LogP contribution in [0.15, 0.2) is 58.0 Å². The highest BCUT2D eigenvalue weighted by Crippen LogP contribution is 2.65. The van der Waals surface area contributed by atoms with Gasteiger partial charge in [-0.25, -0.2) is 19.9 Å². The predicted molar refractivity (Wildman–Crippen MR) is 154 cm³/mol. The fourth-order valence-corrected chi connectivity index (χ4v) is 8.12. The van der Waals surface area contributed by atoms with Crippen LogP contribution in [-0.4, -0.2) is 56.3 Å². The first-order valence-electron chi connectivity index (χ1n) is 12.6. The van der Waals surface area contributed by atoms with Crippen molar-refractivity contribution in [3.05, 3.63) is 75.0 Å². The molecule has 3 aromatic heterocycles. The normalized spacial score (nSPS) is 23.1. The number of pyridine rings is 1. The van der Waals surface area contributed by atoms with E-state index in [9.17, 15) is 9.59 Å². The van der Waals surface area contributed by atoms with Crippen molar-refractivity contribution in [3.8, 4) is 0 Å². The van der Waals surface area contributed by atoms with Gasteiger partial charge in [0.05, 0.1) is 27.8 Å². The standard InChI is InChI=1S/C27H23ClN8O2S2/c1-13-11-39-26(33-13)27(12-36-24(37)14-4-2-3-5-15(14)25(36)38)16-9-35(10-17(16)27)19-8-32-23(22(30)34-19)40-18-6-7-31-21(29)20(18)28/h2-8,11,16-17H,9-10,12H2,1H3,(H2,29,31)(H2,30,34)/t16-,17+,27?. The average molecular weight is 591 g/mol. The molecule has 0 spiro atoms. The number of aromatic nitrogens is 4. The van der Waals surface area contributed by atoms with Gasteiger partial charge in [0.15, 0.2) is 5.82 Å². The zero-order valence-electron chi connectivity index (χ0n) is 21.2. The number of carbonyl (C=O) groups excluding carboxylic acids is 2. The lowest BCUT2D eigenvalue weighted by atomic mass is 9.99. The molecule has 0 bridgehead atoms. The monoisotopic (exact) mass is 590 g/mol. The van der Waals surface area contributed by atoms with Gasteiger partial charge in [0.2, 0.25) is 0 Å². The van der Waals surface area contributed by atoms with Crippen molar-refractivity contribution in [2.75, 3.05) is 36.0 Å². The number of rotatable bonds is 6. The van der Waals surface area contributed by atoms with Crippen LogP contribution in [0.25, 0.3) is 0 Å². The molecule has 1 unspecified atom stereocenters. The third kappa shape index (κ3) is 3.77. The molecule has 3 atom stereocenters. The van der Waals surface area contributed by atoms with E-state index in [2.05, 4.69) is 19.9 Å². The van der Waals surface area contributed by atoms with Gasteiger partial charge >= 0.3 is 0 Å². The highest BCUT2D eigenvalue weighted by Gasteiger charge is 2.71. The minimum absolute atomic E-state index is 0.207. The lowest BCUT2D eigenvalue weighted by molar-refractivity contribution is 0.0632. The molecular weight excluding hydrogens is 568 g/mol. The SMILES string of the molecule is Cc1csc(C2(CN3C(=O)c4ccccc4C3=O)[C@@H]3CN(c4cnc(Sc5ccnc(N)c5Cl)c(N)n4)C[C@@H]32)n1. The Bertz CT molecular complexity index is 1660. The number of thiazole rings is 1. The molecule has 202 valence electrons. The van der Waals surface area contributed by atoms with Crippen LogP contribution in [0.3, 0.4) is 0 Å². The zero-order chi connectivity index (χ0) is 27.8. The number of hydrogen-bond acceptors (Lipinski definition) is 11. The van der Waals surface area contributed by atoms with Crippen LogP contribution in [0.5, 0.6) is 0 Å². The van der Waals surface area contributed by atoms with E-state index in [-0.39, 0.29) is 34.9 Å². The van der Waals surface area contributed by atoms with Crippen LogP contribution in [0.2, 0.25) is 5.02 Å². The van der Waals surface area contributed by atoms with E-state index in [1.165, 1.54) is 16.7 Å². The van der Waals surface area contributed by atoms with Gasteiger partial charge < -0.3 is 16.4 Å². The van der Waals surface area contributed by atoms with E-state index in [1.807, 2.05) is 12.3 Å². The number of piperidine rings is 1. The number of anilines is 3. The highest BCUT2D eigenvalue weighted by atomic mass is 35.5. The second-order valence-corrected chi connectivity index (χ2v) is 12.5. The van der Waals surface area contributed by atoms with Crippen molar-refractivity contribution in [3.63, 3.8) is 0 Å². The molecule has 13 heteroatoms. The number of amides is 2. The average Bonchev–Trinajstić information content (AvgIpc) is 3.34. The number of aryl methyl sites for hydroxylation is 1. The van der Waals surface area contributed by atoms with Gasteiger partial charge in [0.1, 0.15) is 21.7 Å². The minimum atomic E-state index is -0.379. The van der Waals surface area contributed by atoms with Crippen molar-refractivity contribution in [2.24, 2.45) is 11.8 Å². The summed E-state index contributed by atoms with van der Waals surface area (Å²) >= 11 is 9.16. The Morgan fingerprint density at radius 2 is 1.75 bits per heavy atom. The van der Waals surface area contributed by atoms with Crippen LogP contribution < -0.4 is 16.4 Å². The van der Waals surface area contributed by atoms with Crippen molar-refractivity contribution < 1.29 is 9.59 Å². The van der Waals surface area contributed by atoms with Crippen LogP contribution in [0.4, 0.5) is 17.5 Å². The number of halogens is 1. The Hall–Kier alpha value is -3.74. The summed E-state index contributed by atoms with van der Waals surface area (Å²) in [4.78, 5) is 48.7. The van der Waals surface area contributed by atoms with E-state index < -0.39 is 0 Å². The summed E-state index contributed by atoms with van der Waals surface area (Å²) in [6.45, 7) is 3.67. The van der Waals surface area contributed by atoms with Crippen molar-refractivity contribution in [2.45, 2.75) is 22.3 Å². The second-order valence-electron chi connectivity index (χ2n) is 10.2. The maximum atomic E-state index is 13.2. The van der Waals surface area contributed by atoms with E-state index in [1.54, 1.807) is 54.1 Å². The van der Waals surface area contributed by atoms with Gasteiger partial charge in [0.25, 0.3) is 11.8 Å². The largest absolute Gasteiger partial charge is 0.382 e. The quantitative estimate of drug-likeness (QED) is 0.317. The number of nitrogens with zero attached hydrogens (tertiary/aromatic N) is 6. The molecule has 2 fully saturated rings. The topological polar surface area (TPSA) is 144 Å². The van der Waals surface area contributed by atoms with Crippen LogP contribution >= 0.6 is 34.7 Å². The lowest BCUT2D eigenvalue weighted by Crippen LogP contribution is -2.42. The molecule has 4 aromatic rings. The second kappa shape index (κ2) is 9.15. The predicted octanol–water partition coefficient (Wildman–Crippen LogP) is 3.91. The van der Waals surface area contributed by atoms with Gasteiger partial charge in [-0.05, 0) is 37.0 Å². The molecule has 4 N–H and O–H groups in total. The first-order valence-corrected chi connectivity index (χ1v) is 14.7. The molecule has 1 saturated heterocycles. The van der Waals surface area contributed by atoms with E-state index in [4.69, 9.17) is 28.1 Å². The third-order valence-electron chi connectivity index (χ3n) is 8.01. The van der Waals surface area contributed by atoms with Crippen LogP contribution in [0, 0.1) is 18.8 Å². The summed E-state index contributed by atoms with van der Waals surface area (Å²) in [7, 11) is 0. The number of fused-ring (bicyclic) bond motifs is 2. The Kier molecular flexibility index (Phi) is 5.77. The lowest BCUT2D eigenvalue weighted by Gasteiger charge is -2.29. The Balaban J connectivity index is 1.12. The Labute approximate surface area is 242 Å². The summed E-state index contributed by atoms with van der Waals surface area (Å²) < 4.78 is 0. The molecule has 7 rings (SSSR count). The molecule has 3 aliphatic rings. The molecule has 40 heavy (non-hydrogen) atoms. The number of benzene rings is 1. The van der Waals surface area contributed by atoms with Crippen molar-refractivity contribution >= 4 is 64.0 Å². The summed E-state index contributed by atoms with van der Waals surface area (Å²) in [6, 6.07) is 8.76. The van der Waals surface area contributed by atoms with E-state index in [0.717, 1.165) is 10.7 Å². The van der Waals surface area contributed by atoms with Gasteiger partial charge in [0, 0.05) is 41.8 Å². The zero-order valence-corrected chi connectivity index (χ0v) is 23.6. The maximum Gasteiger partial charge on any atom is 0.261 e. The van der Waals surface area contributed by atoms with Gasteiger partial charge in [-0.1, -0.05) is 35.5 Å². The Morgan fingerprint density at radius 3 is 2.38 bits per heavy atom. The number of carbonyl (C=O) groups is 2. The maximum absolute atomic E-state index is 13.2. The minimum Gasteiger partial charge on any atom is -0.382 e. The summed E-state index contributed by atoms with van der Waals surface area (Å²) in [5, 5.41) is 3.88. The van der Waals surface area contributed by atoms with E-state index in [0.29, 0.717) is 57.3 Å². The van der Waals surface area contributed by atoms with Crippen molar-refractivity contribution in [1.82, 2.24) is 24.8 Å². The third-order valence-corrected chi connectivity index (χ3v) is 10.7. The molecule has 1 saturated carbocycles.